The van der Waals surface area contributed by atoms with Crippen molar-refractivity contribution in [3.63, 3.8) is 0 Å². The van der Waals surface area contributed by atoms with E-state index in [4.69, 9.17) is 23.1 Å². The molecule has 0 bridgehead atoms. The van der Waals surface area contributed by atoms with E-state index in [9.17, 15) is 0 Å². The molecule has 1 aromatic carbocycles. The van der Waals surface area contributed by atoms with Crippen molar-refractivity contribution in [2.75, 3.05) is 0 Å². The molecule has 0 aliphatic heterocycles. The van der Waals surface area contributed by atoms with Crippen molar-refractivity contribution in [1.82, 2.24) is 0 Å². The zero-order valence-electron chi connectivity index (χ0n) is 10.3. The summed E-state index contributed by atoms with van der Waals surface area (Å²) in [5.74, 6) is 0. The van der Waals surface area contributed by atoms with Gasteiger partial charge in [-0.05, 0) is 37.0 Å². The van der Waals surface area contributed by atoms with Crippen molar-refractivity contribution in [3.05, 3.63) is 34.9 Å². The smallest absolute Gasteiger partial charge is 0.0406 e. The lowest BCUT2D eigenvalue weighted by atomic mass is 9.75. The van der Waals surface area contributed by atoms with Gasteiger partial charge in [0.1, 0.15) is 0 Å². The first-order valence-corrected chi connectivity index (χ1v) is 6.27. The van der Waals surface area contributed by atoms with Crippen LogP contribution in [0.1, 0.15) is 31.2 Å². The van der Waals surface area contributed by atoms with Crippen LogP contribution in [0.15, 0.2) is 24.3 Å². The summed E-state index contributed by atoms with van der Waals surface area (Å²) >= 11 is 5.86. The van der Waals surface area contributed by atoms with E-state index in [0.717, 1.165) is 24.3 Å². The Kier molecular flexibility index (Phi) is 7.57. The van der Waals surface area contributed by atoms with Crippen molar-refractivity contribution in [1.29, 1.82) is 0 Å². The van der Waals surface area contributed by atoms with Crippen molar-refractivity contribution in [3.8, 4) is 0 Å². The molecular weight excluding hydrogens is 291 g/mol. The SMILES string of the molecule is Cl.Cl.NC1CCCCC1(N)Cc1ccc(Cl)cc1. The van der Waals surface area contributed by atoms with E-state index in [1.54, 1.807) is 0 Å². The maximum atomic E-state index is 6.41. The Bertz CT molecular complexity index is 356. The first-order chi connectivity index (χ1) is 7.60. The van der Waals surface area contributed by atoms with Gasteiger partial charge in [0.15, 0.2) is 0 Å². The minimum Gasteiger partial charge on any atom is -0.326 e. The van der Waals surface area contributed by atoms with Gasteiger partial charge >= 0.3 is 0 Å². The summed E-state index contributed by atoms with van der Waals surface area (Å²) in [5.41, 5.74) is 13.6. The molecule has 1 saturated carbocycles. The molecule has 2 rings (SSSR count). The third-order valence-corrected chi connectivity index (χ3v) is 3.84. The first kappa shape index (κ1) is 18.0. The molecular formula is C13H21Cl3N2. The summed E-state index contributed by atoms with van der Waals surface area (Å²) in [6, 6.07) is 8.02. The number of nitrogens with two attached hydrogens (primary N) is 2. The second-order valence-electron chi connectivity index (χ2n) is 4.89. The molecule has 1 aliphatic carbocycles. The highest BCUT2D eigenvalue weighted by Crippen LogP contribution is 2.28. The predicted molar refractivity (Wildman–Crippen MR) is 83.0 cm³/mol. The number of hydrogen-bond donors (Lipinski definition) is 2. The second kappa shape index (κ2) is 7.56. The quantitative estimate of drug-likeness (QED) is 0.880. The predicted octanol–water partition coefficient (Wildman–Crippen LogP) is 3.32. The van der Waals surface area contributed by atoms with E-state index in [1.807, 2.05) is 24.3 Å². The maximum absolute atomic E-state index is 6.41. The van der Waals surface area contributed by atoms with Crippen molar-refractivity contribution < 1.29 is 0 Å². The average molecular weight is 312 g/mol. The Hall–Kier alpha value is 0.01000. The molecule has 0 saturated heterocycles. The molecule has 0 radical (unpaired) electrons. The van der Waals surface area contributed by atoms with Gasteiger partial charge in [0.05, 0.1) is 0 Å². The largest absolute Gasteiger partial charge is 0.326 e. The minimum absolute atomic E-state index is 0. The monoisotopic (exact) mass is 310 g/mol. The Morgan fingerprint density at radius 1 is 1.17 bits per heavy atom. The van der Waals surface area contributed by atoms with Gasteiger partial charge in [-0.15, -0.1) is 24.8 Å². The van der Waals surface area contributed by atoms with Gasteiger partial charge in [-0.2, -0.15) is 0 Å². The van der Waals surface area contributed by atoms with E-state index in [0.29, 0.717) is 0 Å². The van der Waals surface area contributed by atoms with E-state index in [1.165, 1.54) is 18.4 Å². The fourth-order valence-electron chi connectivity index (χ4n) is 2.49. The lowest BCUT2D eigenvalue weighted by Crippen LogP contribution is -2.58. The molecule has 1 aliphatic rings. The topological polar surface area (TPSA) is 52.0 Å². The molecule has 0 amide bonds. The van der Waals surface area contributed by atoms with Crippen LogP contribution in [0.4, 0.5) is 0 Å². The number of rotatable bonds is 2. The van der Waals surface area contributed by atoms with Crippen molar-refractivity contribution in [2.24, 2.45) is 11.5 Å². The standard InChI is InChI=1S/C13H19ClN2.2ClH/c14-11-6-4-10(5-7-11)9-13(16)8-2-1-3-12(13)15;;/h4-7,12H,1-3,8-9,15-16H2;2*1H. The molecule has 2 unspecified atom stereocenters. The van der Waals surface area contributed by atoms with Crippen LogP contribution in [-0.2, 0) is 6.42 Å². The molecule has 4 N–H and O–H groups in total. The average Bonchev–Trinajstić information content (AvgIpc) is 2.26. The molecule has 2 atom stereocenters. The lowest BCUT2D eigenvalue weighted by molar-refractivity contribution is 0.251. The van der Waals surface area contributed by atoms with Gasteiger partial charge in [-0.25, -0.2) is 0 Å². The van der Waals surface area contributed by atoms with Gasteiger partial charge in [0.2, 0.25) is 0 Å². The summed E-state index contributed by atoms with van der Waals surface area (Å²) < 4.78 is 0. The Balaban J connectivity index is 0.00000144. The van der Waals surface area contributed by atoms with Crippen molar-refractivity contribution >= 4 is 36.4 Å². The molecule has 0 aromatic heterocycles. The highest BCUT2D eigenvalue weighted by molar-refractivity contribution is 6.30. The minimum atomic E-state index is -0.230. The molecule has 0 heterocycles. The van der Waals surface area contributed by atoms with E-state index < -0.39 is 0 Å². The highest BCUT2D eigenvalue weighted by Gasteiger charge is 2.34. The number of halogens is 3. The summed E-state index contributed by atoms with van der Waals surface area (Å²) in [4.78, 5) is 0. The fourth-order valence-corrected chi connectivity index (χ4v) is 2.62. The molecule has 104 valence electrons. The summed E-state index contributed by atoms with van der Waals surface area (Å²) in [7, 11) is 0. The Labute approximate surface area is 126 Å². The van der Waals surface area contributed by atoms with Crippen LogP contribution in [-0.4, -0.2) is 11.6 Å². The number of benzene rings is 1. The van der Waals surface area contributed by atoms with Crippen LogP contribution in [0, 0.1) is 0 Å². The van der Waals surface area contributed by atoms with Gasteiger partial charge in [-0.1, -0.05) is 36.6 Å². The molecule has 1 fully saturated rings. The van der Waals surface area contributed by atoms with Gasteiger partial charge < -0.3 is 11.5 Å². The van der Waals surface area contributed by atoms with Crippen LogP contribution in [0.2, 0.25) is 5.02 Å². The van der Waals surface area contributed by atoms with Crippen LogP contribution in [0.5, 0.6) is 0 Å². The van der Waals surface area contributed by atoms with E-state index in [2.05, 4.69) is 0 Å². The third-order valence-electron chi connectivity index (χ3n) is 3.59. The third kappa shape index (κ3) is 4.29. The van der Waals surface area contributed by atoms with Gasteiger partial charge in [0.25, 0.3) is 0 Å². The zero-order valence-corrected chi connectivity index (χ0v) is 12.7. The molecule has 1 aromatic rings. The first-order valence-electron chi connectivity index (χ1n) is 5.89. The van der Waals surface area contributed by atoms with Gasteiger partial charge in [-0.3, -0.25) is 0 Å². The van der Waals surface area contributed by atoms with Crippen LogP contribution >= 0.6 is 36.4 Å². The molecule has 0 spiro atoms. The van der Waals surface area contributed by atoms with Crippen LogP contribution in [0.25, 0.3) is 0 Å². The van der Waals surface area contributed by atoms with Crippen LogP contribution in [0.3, 0.4) is 0 Å². The van der Waals surface area contributed by atoms with Crippen LogP contribution < -0.4 is 11.5 Å². The Morgan fingerprint density at radius 3 is 2.33 bits per heavy atom. The van der Waals surface area contributed by atoms with E-state index in [-0.39, 0.29) is 36.4 Å². The molecule has 5 heteroatoms. The van der Waals surface area contributed by atoms with E-state index >= 15 is 0 Å². The van der Waals surface area contributed by atoms with Crippen molar-refractivity contribution in [2.45, 2.75) is 43.7 Å². The molecule has 2 nitrogen and oxygen atoms in total. The summed E-state index contributed by atoms with van der Waals surface area (Å²) in [5, 5.41) is 0.766. The second-order valence-corrected chi connectivity index (χ2v) is 5.33. The summed E-state index contributed by atoms with van der Waals surface area (Å²) in [6.45, 7) is 0. The maximum Gasteiger partial charge on any atom is 0.0406 e. The highest BCUT2D eigenvalue weighted by atomic mass is 35.5. The summed E-state index contributed by atoms with van der Waals surface area (Å²) in [6.07, 6.45) is 5.32. The fraction of sp³-hybridized carbons (Fsp3) is 0.538. The normalized spacial score (nSPS) is 26.9. The molecule has 18 heavy (non-hydrogen) atoms. The van der Waals surface area contributed by atoms with Gasteiger partial charge in [0, 0.05) is 16.6 Å². The Morgan fingerprint density at radius 2 is 1.78 bits per heavy atom. The zero-order chi connectivity index (χ0) is 11.6. The lowest BCUT2D eigenvalue weighted by Gasteiger charge is -2.39. The number of hydrogen-bond acceptors (Lipinski definition) is 2.